The average molecular weight is 365 g/mol. The Bertz CT molecular complexity index is 675. The number of rotatable bonds is 4. The first kappa shape index (κ1) is 15.6. The fourth-order valence-corrected chi connectivity index (χ4v) is 2.73. The Hall–Kier alpha value is -1.79. The van der Waals surface area contributed by atoms with Gasteiger partial charge in [-0.05, 0) is 46.5 Å². The summed E-state index contributed by atoms with van der Waals surface area (Å²) in [6.07, 6.45) is 3.36. The zero-order valence-corrected chi connectivity index (χ0v) is 13.6. The number of carbonyl (C=O) groups excluding carboxylic acids is 1. The topological polar surface area (TPSA) is 61.7 Å². The SMILES string of the molecule is CSc1cc(Br)c(O)c(C=NNC(=O)c2ccccc2)c1. The minimum Gasteiger partial charge on any atom is -0.506 e. The molecule has 0 spiro atoms. The molecular formula is C15H13BrN2O2S. The van der Waals surface area contributed by atoms with Crippen molar-refractivity contribution < 1.29 is 9.90 Å². The van der Waals surface area contributed by atoms with E-state index in [1.807, 2.05) is 18.4 Å². The second-order valence-electron chi connectivity index (χ2n) is 4.11. The molecule has 0 aliphatic heterocycles. The van der Waals surface area contributed by atoms with Crippen LogP contribution in [0.15, 0.2) is 56.9 Å². The van der Waals surface area contributed by atoms with E-state index in [0.29, 0.717) is 15.6 Å². The number of phenols is 1. The van der Waals surface area contributed by atoms with E-state index < -0.39 is 0 Å². The monoisotopic (exact) mass is 364 g/mol. The Kier molecular flexibility index (Phi) is 5.41. The zero-order valence-electron chi connectivity index (χ0n) is 11.2. The maximum absolute atomic E-state index is 11.8. The van der Waals surface area contributed by atoms with Gasteiger partial charge < -0.3 is 5.11 Å². The number of hydrogen-bond acceptors (Lipinski definition) is 4. The maximum atomic E-state index is 11.8. The molecule has 0 aliphatic rings. The maximum Gasteiger partial charge on any atom is 0.271 e. The predicted octanol–water partition coefficient (Wildman–Crippen LogP) is 3.64. The van der Waals surface area contributed by atoms with E-state index >= 15 is 0 Å². The molecule has 0 fully saturated rings. The fraction of sp³-hybridized carbons (Fsp3) is 0.0667. The number of carbonyl (C=O) groups is 1. The standard InChI is InChI=1S/C15H13BrN2O2S/c1-21-12-7-11(14(19)13(16)8-12)9-17-18-15(20)10-5-3-2-4-6-10/h2-9,19H,1H3,(H,18,20). The molecule has 0 aromatic heterocycles. The van der Waals surface area contributed by atoms with Crippen LogP contribution in [0.3, 0.4) is 0 Å². The first-order valence-electron chi connectivity index (χ1n) is 6.06. The summed E-state index contributed by atoms with van der Waals surface area (Å²) in [7, 11) is 0. The number of nitrogens with zero attached hydrogens (tertiary/aromatic N) is 1. The first-order valence-corrected chi connectivity index (χ1v) is 8.08. The highest BCUT2D eigenvalue weighted by molar-refractivity contribution is 9.10. The molecule has 0 aliphatic carbocycles. The highest BCUT2D eigenvalue weighted by Crippen LogP contribution is 2.31. The second-order valence-corrected chi connectivity index (χ2v) is 5.85. The third-order valence-electron chi connectivity index (χ3n) is 2.71. The highest BCUT2D eigenvalue weighted by atomic mass is 79.9. The Balaban J connectivity index is 2.12. The van der Waals surface area contributed by atoms with Crippen molar-refractivity contribution in [3.05, 3.63) is 58.1 Å². The number of hydrogen-bond donors (Lipinski definition) is 2. The number of phenolic OH excluding ortho intramolecular Hbond substituents is 1. The largest absolute Gasteiger partial charge is 0.506 e. The summed E-state index contributed by atoms with van der Waals surface area (Å²) in [5.74, 6) is -0.211. The molecule has 6 heteroatoms. The van der Waals surface area contributed by atoms with Crippen LogP contribution < -0.4 is 5.43 Å². The van der Waals surface area contributed by atoms with Gasteiger partial charge in [-0.25, -0.2) is 5.43 Å². The van der Waals surface area contributed by atoms with Gasteiger partial charge in [-0.15, -0.1) is 11.8 Å². The van der Waals surface area contributed by atoms with E-state index in [-0.39, 0.29) is 11.7 Å². The van der Waals surface area contributed by atoms with Crippen molar-refractivity contribution in [2.75, 3.05) is 6.26 Å². The summed E-state index contributed by atoms with van der Waals surface area (Å²) in [6.45, 7) is 0. The molecule has 108 valence electrons. The van der Waals surface area contributed by atoms with Gasteiger partial charge in [0.05, 0.1) is 10.7 Å². The highest BCUT2D eigenvalue weighted by Gasteiger charge is 2.07. The van der Waals surface area contributed by atoms with Gasteiger partial charge in [-0.1, -0.05) is 18.2 Å². The van der Waals surface area contributed by atoms with Crippen LogP contribution in [-0.2, 0) is 0 Å². The average Bonchev–Trinajstić information content (AvgIpc) is 2.51. The molecule has 0 saturated carbocycles. The van der Waals surface area contributed by atoms with Gasteiger partial charge in [0, 0.05) is 16.0 Å². The lowest BCUT2D eigenvalue weighted by Gasteiger charge is -2.05. The van der Waals surface area contributed by atoms with Crippen LogP contribution in [0.1, 0.15) is 15.9 Å². The van der Waals surface area contributed by atoms with Crippen molar-refractivity contribution in [3.8, 4) is 5.75 Å². The minimum atomic E-state index is -0.300. The number of nitrogens with one attached hydrogen (secondary N) is 1. The Morgan fingerprint density at radius 2 is 2.05 bits per heavy atom. The van der Waals surface area contributed by atoms with Crippen LogP contribution in [-0.4, -0.2) is 23.5 Å². The van der Waals surface area contributed by atoms with Crippen molar-refractivity contribution in [3.63, 3.8) is 0 Å². The molecule has 2 aromatic carbocycles. The zero-order chi connectivity index (χ0) is 15.2. The lowest BCUT2D eigenvalue weighted by molar-refractivity contribution is 0.0955. The molecule has 0 radical (unpaired) electrons. The van der Waals surface area contributed by atoms with Gasteiger partial charge in [-0.2, -0.15) is 5.10 Å². The molecule has 2 N–H and O–H groups in total. The van der Waals surface area contributed by atoms with Gasteiger partial charge in [0.2, 0.25) is 0 Å². The van der Waals surface area contributed by atoms with Crippen LogP contribution in [0, 0.1) is 0 Å². The normalized spacial score (nSPS) is 10.8. The van der Waals surface area contributed by atoms with Crippen molar-refractivity contribution in [2.24, 2.45) is 5.10 Å². The molecule has 4 nitrogen and oxygen atoms in total. The van der Waals surface area contributed by atoms with Crippen molar-refractivity contribution in [1.82, 2.24) is 5.43 Å². The van der Waals surface area contributed by atoms with E-state index in [2.05, 4.69) is 26.5 Å². The number of thioether (sulfide) groups is 1. The lowest BCUT2D eigenvalue weighted by atomic mass is 10.2. The number of benzene rings is 2. The molecule has 0 atom stereocenters. The third kappa shape index (κ3) is 4.09. The first-order chi connectivity index (χ1) is 10.1. The molecule has 2 aromatic rings. The second kappa shape index (κ2) is 7.28. The van der Waals surface area contributed by atoms with Gasteiger partial charge in [0.25, 0.3) is 5.91 Å². The Morgan fingerprint density at radius 3 is 2.71 bits per heavy atom. The van der Waals surface area contributed by atoms with Crippen molar-refractivity contribution in [1.29, 1.82) is 0 Å². The summed E-state index contributed by atoms with van der Waals surface area (Å²) in [5.41, 5.74) is 3.48. The summed E-state index contributed by atoms with van der Waals surface area (Å²) < 4.78 is 0.588. The van der Waals surface area contributed by atoms with Crippen LogP contribution in [0.5, 0.6) is 5.75 Å². The minimum absolute atomic E-state index is 0.0884. The van der Waals surface area contributed by atoms with E-state index in [0.717, 1.165) is 4.90 Å². The number of hydrazone groups is 1. The number of halogens is 1. The number of aromatic hydroxyl groups is 1. The smallest absolute Gasteiger partial charge is 0.271 e. The van der Waals surface area contributed by atoms with Crippen LogP contribution in [0.25, 0.3) is 0 Å². The molecule has 0 heterocycles. The van der Waals surface area contributed by atoms with E-state index in [1.165, 1.54) is 6.21 Å². The Labute approximate surface area is 135 Å². The Morgan fingerprint density at radius 1 is 1.33 bits per heavy atom. The summed E-state index contributed by atoms with van der Waals surface area (Å²) in [6, 6.07) is 12.4. The van der Waals surface area contributed by atoms with Crippen molar-refractivity contribution in [2.45, 2.75) is 4.90 Å². The molecule has 0 unspecified atom stereocenters. The third-order valence-corrected chi connectivity index (χ3v) is 4.02. The van der Waals surface area contributed by atoms with E-state index in [9.17, 15) is 9.90 Å². The molecule has 1 amide bonds. The fourth-order valence-electron chi connectivity index (χ4n) is 1.63. The van der Waals surface area contributed by atoms with Gasteiger partial charge in [-0.3, -0.25) is 4.79 Å². The molecule has 2 rings (SSSR count). The van der Waals surface area contributed by atoms with Gasteiger partial charge in [0.1, 0.15) is 5.75 Å². The summed E-state index contributed by atoms with van der Waals surface area (Å²) >= 11 is 4.84. The van der Waals surface area contributed by atoms with Gasteiger partial charge >= 0.3 is 0 Å². The van der Waals surface area contributed by atoms with Crippen molar-refractivity contribution >= 4 is 39.8 Å². The quantitative estimate of drug-likeness (QED) is 0.494. The molecular weight excluding hydrogens is 352 g/mol. The van der Waals surface area contributed by atoms with Crippen LogP contribution >= 0.6 is 27.7 Å². The van der Waals surface area contributed by atoms with E-state index in [1.54, 1.807) is 42.1 Å². The summed E-state index contributed by atoms with van der Waals surface area (Å²) in [5, 5.41) is 13.8. The molecule has 21 heavy (non-hydrogen) atoms. The summed E-state index contributed by atoms with van der Waals surface area (Å²) in [4.78, 5) is 12.8. The van der Waals surface area contributed by atoms with Crippen LogP contribution in [0.2, 0.25) is 0 Å². The van der Waals surface area contributed by atoms with E-state index in [4.69, 9.17) is 0 Å². The van der Waals surface area contributed by atoms with Gasteiger partial charge in [0.15, 0.2) is 0 Å². The number of amides is 1. The molecule has 0 bridgehead atoms. The molecule has 0 saturated heterocycles. The van der Waals surface area contributed by atoms with Crippen LogP contribution in [0.4, 0.5) is 0 Å². The predicted molar refractivity (Wildman–Crippen MR) is 89.1 cm³/mol. The lowest BCUT2D eigenvalue weighted by Crippen LogP contribution is -2.17.